The van der Waals surface area contributed by atoms with Gasteiger partial charge in [-0.05, 0) is 31.4 Å². The maximum Gasteiger partial charge on any atom is 0.241 e. The van der Waals surface area contributed by atoms with Crippen LogP contribution in [0.15, 0.2) is 24.3 Å². The maximum atomic E-state index is 12.0. The zero-order valence-electron chi connectivity index (χ0n) is 11.6. The predicted molar refractivity (Wildman–Crippen MR) is 79.4 cm³/mol. The molecule has 104 valence electrons. The van der Waals surface area contributed by atoms with E-state index in [-0.39, 0.29) is 5.91 Å². The van der Waals surface area contributed by atoms with Crippen molar-refractivity contribution in [2.75, 3.05) is 23.3 Å². The van der Waals surface area contributed by atoms with Crippen molar-refractivity contribution < 1.29 is 4.79 Å². The minimum atomic E-state index is -0.420. The van der Waals surface area contributed by atoms with Gasteiger partial charge >= 0.3 is 0 Å². The van der Waals surface area contributed by atoms with Crippen LogP contribution in [-0.4, -0.2) is 25.0 Å². The van der Waals surface area contributed by atoms with E-state index in [1.165, 1.54) is 12.8 Å². The molecule has 2 rings (SSSR count). The van der Waals surface area contributed by atoms with Crippen molar-refractivity contribution in [2.24, 2.45) is 5.73 Å². The minimum Gasteiger partial charge on any atom is -0.370 e. The second-order valence-electron chi connectivity index (χ2n) is 5.10. The van der Waals surface area contributed by atoms with Crippen molar-refractivity contribution >= 4 is 17.3 Å². The third kappa shape index (κ3) is 3.47. The number of amides is 1. The van der Waals surface area contributed by atoms with Crippen LogP contribution in [-0.2, 0) is 4.79 Å². The molecule has 0 aromatic heterocycles. The van der Waals surface area contributed by atoms with Crippen LogP contribution in [0.2, 0.25) is 0 Å². The second kappa shape index (κ2) is 6.57. The molecule has 1 heterocycles. The molecule has 0 aliphatic carbocycles. The van der Waals surface area contributed by atoms with Crippen LogP contribution >= 0.6 is 0 Å². The number of hydrogen-bond acceptors (Lipinski definition) is 3. The smallest absolute Gasteiger partial charge is 0.241 e. The van der Waals surface area contributed by atoms with Gasteiger partial charge in [-0.25, -0.2) is 0 Å². The summed E-state index contributed by atoms with van der Waals surface area (Å²) in [7, 11) is 0. The fraction of sp³-hybridized carbons (Fsp3) is 0.533. The Morgan fingerprint density at radius 1 is 1.37 bits per heavy atom. The zero-order chi connectivity index (χ0) is 13.7. The van der Waals surface area contributed by atoms with Crippen molar-refractivity contribution in [1.29, 1.82) is 0 Å². The molecule has 1 atom stereocenters. The van der Waals surface area contributed by atoms with E-state index in [1.807, 2.05) is 25.1 Å². The first-order chi connectivity index (χ1) is 9.22. The zero-order valence-corrected chi connectivity index (χ0v) is 11.6. The highest BCUT2D eigenvalue weighted by atomic mass is 16.2. The summed E-state index contributed by atoms with van der Waals surface area (Å²) in [6.07, 6.45) is 4.08. The Kier molecular flexibility index (Phi) is 4.80. The molecule has 4 heteroatoms. The second-order valence-corrected chi connectivity index (χ2v) is 5.10. The van der Waals surface area contributed by atoms with Crippen LogP contribution in [0.1, 0.15) is 32.6 Å². The van der Waals surface area contributed by atoms with Gasteiger partial charge < -0.3 is 16.0 Å². The van der Waals surface area contributed by atoms with E-state index in [9.17, 15) is 4.79 Å². The molecule has 1 aromatic carbocycles. The summed E-state index contributed by atoms with van der Waals surface area (Å²) in [5.74, 6) is -0.0894. The Hall–Kier alpha value is -1.55. The first kappa shape index (κ1) is 13.9. The number of nitrogens with one attached hydrogen (secondary N) is 1. The molecule has 1 aliphatic heterocycles. The Morgan fingerprint density at radius 2 is 2.05 bits per heavy atom. The number of carbonyl (C=O) groups excluding carboxylic acids is 1. The lowest BCUT2D eigenvalue weighted by Crippen LogP contribution is -2.35. The SMILES string of the molecule is CCCC(N)C(=O)Nc1ccccc1N1CCCC1. The van der Waals surface area contributed by atoms with E-state index >= 15 is 0 Å². The van der Waals surface area contributed by atoms with Crippen molar-refractivity contribution in [1.82, 2.24) is 0 Å². The average molecular weight is 261 g/mol. The van der Waals surface area contributed by atoms with Crippen LogP contribution in [0, 0.1) is 0 Å². The molecule has 1 amide bonds. The van der Waals surface area contributed by atoms with Gasteiger partial charge in [0.1, 0.15) is 0 Å². The normalized spacial score (nSPS) is 16.4. The molecule has 4 nitrogen and oxygen atoms in total. The van der Waals surface area contributed by atoms with Gasteiger partial charge in [0.15, 0.2) is 0 Å². The van der Waals surface area contributed by atoms with Crippen LogP contribution in [0.25, 0.3) is 0 Å². The molecule has 0 radical (unpaired) electrons. The summed E-state index contributed by atoms with van der Waals surface area (Å²) in [5, 5.41) is 2.97. The lowest BCUT2D eigenvalue weighted by atomic mass is 10.1. The summed E-state index contributed by atoms with van der Waals surface area (Å²) in [6.45, 7) is 4.16. The molecule has 1 aromatic rings. The fourth-order valence-electron chi connectivity index (χ4n) is 2.48. The van der Waals surface area contributed by atoms with Gasteiger partial charge in [0.2, 0.25) is 5.91 Å². The number of para-hydroxylation sites is 2. The number of nitrogens with two attached hydrogens (primary N) is 1. The van der Waals surface area contributed by atoms with Crippen LogP contribution in [0.3, 0.4) is 0 Å². The van der Waals surface area contributed by atoms with E-state index in [4.69, 9.17) is 5.73 Å². The van der Waals surface area contributed by atoms with Crippen LogP contribution in [0.4, 0.5) is 11.4 Å². The molecule has 19 heavy (non-hydrogen) atoms. The molecule has 3 N–H and O–H groups in total. The number of benzene rings is 1. The molecule has 0 saturated carbocycles. The molecule has 0 bridgehead atoms. The standard InChI is InChI=1S/C15H23N3O/c1-2-7-12(16)15(19)17-13-8-3-4-9-14(13)18-10-5-6-11-18/h3-4,8-9,12H,2,5-7,10-11,16H2,1H3,(H,17,19). The monoisotopic (exact) mass is 261 g/mol. The third-order valence-corrected chi connectivity index (χ3v) is 3.55. The summed E-state index contributed by atoms with van der Waals surface area (Å²) in [6, 6.07) is 7.54. The van der Waals surface area contributed by atoms with Crippen molar-refractivity contribution in [3.05, 3.63) is 24.3 Å². The van der Waals surface area contributed by atoms with E-state index in [0.717, 1.165) is 37.3 Å². The lowest BCUT2D eigenvalue weighted by molar-refractivity contribution is -0.117. The number of anilines is 2. The molecular weight excluding hydrogens is 238 g/mol. The van der Waals surface area contributed by atoms with E-state index in [0.29, 0.717) is 0 Å². The molecule has 1 fully saturated rings. The quantitative estimate of drug-likeness (QED) is 0.855. The largest absolute Gasteiger partial charge is 0.370 e. The van der Waals surface area contributed by atoms with Crippen molar-refractivity contribution in [2.45, 2.75) is 38.6 Å². The first-order valence-corrected chi connectivity index (χ1v) is 7.12. The van der Waals surface area contributed by atoms with E-state index in [2.05, 4.69) is 16.3 Å². The van der Waals surface area contributed by atoms with Crippen molar-refractivity contribution in [3.63, 3.8) is 0 Å². The molecule has 1 unspecified atom stereocenters. The maximum absolute atomic E-state index is 12.0. The number of carbonyl (C=O) groups is 1. The van der Waals surface area contributed by atoms with Gasteiger partial charge in [-0.15, -0.1) is 0 Å². The highest BCUT2D eigenvalue weighted by Gasteiger charge is 2.18. The number of rotatable bonds is 5. The molecule has 0 spiro atoms. The first-order valence-electron chi connectivity index (χ1n) is 7.12. The Labute approximate surface area is 115 Å². The lowest BCUT2D eigenvalue weighted by Gasteiger charge is -2.22. The Bertz CT molecular complexity index is 427. The summed E-state index contributed by atoms with van der Waals surface area (Å²) in [4.78, 5) is 14.3. The molecule has 1 saturated heterocycles. The highest BCUT2D eigenvalue weighted by Crippen LogP contribution is 2.28. The Balaban J connectivity index is 2.09. The topological polar surface area (TPSA) is 58.4 Å². The van der Waals surface area contributed by atoms with Gasteiger partial charge in [-0.3, -0.25) is 4.79 Å². The van der Waals surface area contributed by atoms with Gasteiger partial charge in [0, 0.05) is 13.1 Å². The summed E-state index contributed by atoms with van der Waals surface area (Å²) < 4.78 is 0. The van der Waals surface area contributed by atoms with Crippen LogP contribution in [0.5, 0.6) is 0 Å². The highest BCUT2D eigenvalue weighted by molar-refractivity contribution is 5.97. The van der Waals surface area contributed by atoms with Crippen LogP contribution < -0.4 is 16.0 Å². The Morgan fingerprint density at radius 3 is 2.74 bits per heavy atom. The van der Waals surface area contributed by atoms with Gasteiger partial charge in [-0.1, -0.05) is 25.5 Å². The fourth-order valence-corrected chi connectivity index (χ4v) is 2.48. The van der Waals surface area contributed by atoms with Gasteiger partial charge in [0.25, 0.3) is 0 Å². The molecular formula is C15H23N3O. The summed E-state index contributed by atoms with van der Waals surface area (Å²) >= 11 is 0. The van der Waals surface area contributed by atoms with Crippen molar-refractivity contribution in [3.8, 4) is 0 Å². The number of nitrogens with zero attached hydrogens (tertiary/aromatic N) is 1. The third-order valence-electron chi connectivity index (χ3n) is 3.55. The van der Waals surface area contributed by atoms with Gasteiger partial charge in [-0.2, -0.15) is 0 Å². The summed E-state index contributed by atoms with van der Waals surface area (Å²) in [5.41, 5.74) is 7.84. The average Bonchev–Trinajstić information content (AvgIpc) is 2.93. The van der Waals surface area contributed by atoms with Gasteiger partial charge in [0.05, 0.1) is 17.4 Å². The molecule has 1 aliphatic rings. The minimum absolute atomic E-state index is 0.0894. The number of hydrogen-bond donors (Lipinski definition) is 2. The predicted octanol–water partition coefficient (Wildman–Crippen LogP) is 2.35. The van der Waals surface area contributed by atoms with E-state index in [1.54, 1.807) is 0 Å². The van der Waals surface area contributed by atoms with E-state index < -0.39 is 6.04 Å².